The number of esters is 1. The van der Waals surface area contributed by atoms with Crippen molar-refractivity contribution in [3.63, 3.8) is 0 Å². The predicted octanol–water partition coefficient (Wildman–Crippen LogP) is 4.68. The molecule has 0 aromatic heterocycles. The van der Waals surface area contributed by atoms with Crippen molar-refractivity contribution in [1.82, 2.24) is 0 Å². The Morgan fingerprint density at radius 3 is 2.05 bits per heavy atom. The quantitative estimate of drug-likeness (QED) is 0.182. The molecule has 0 aliphatic heterocycles. The molecule has 0 aromatic carbocycles. The third-order valence-corrected chi connectivity index (χ3v) is 3.57. The van der Waals surface area contributed by atoms with Crippen molar-refractivity contribution in [2.45, 2.75) is 57.9 Å². The van der Waals surface area contributed by atoms with E-state index in [1.165, 1.54) is 6.08 Å². The van der Waals surface area contributed by atoms with Crippen LogP contribution in [-0.4, -0.2) is 21.7 Å². The van der Waals surface area contributed by atoms with Crippen molar-refractivity contribution < 1.29 is 21.9 Å². The molecule has 0 amide bonds. The summed E-state index contributed by atoms with van der Waals surface area (Å²) in [5.41, 5.74) is 0. The summed E-state index contributed by atoms with van der Waals surface area (Å²) in [4.78, 5) is 10.9. The Labute approximate surface area is 114 Å². The SMILES string of the molecule is CC=CC(=O)OCCCCCCCCC[Si](F)(F)F. The lowest BCUT2D eigenvalue weighted by Crippen LogP contribution is -2.13. The van der Waals surface area contributed by atoms with Crippen LogP contribution in [0.4, 0.5) is 12.3 Å². The zero-order valence-electron chi connectivity index (χ0n) is 11.5. The first-order chi connectivity index (χ1) is 8.95. The van der Waals surface area contributed by atoms with E-state index in [1.54, 1.807) is 13.0 Å². The smallest absolute Gasteiger partial charge is 0.463 e. The fourth-order valence-electron chi connectivity index (χ4n) is 1.67. The highest BCUT2D eigenvalue weighted by Crippen LogP contribution is 2.19. The van der Waals surface area contributed by atoms with Crippen LogP contribution in [0, 0.1) is 0 Å². The van der Waals surface area contributed by atoms with Gasteiger partial charge in [-0.15, -0.1) is 0 Å². The maximum absolute atomic E-state index is 12.0. The molecule has 112 valence electrons. The number of carbonyl (C=O) groups excluding carboxylic acids is 1. The minimum absolute atomic E-state index is 0.288. The van der Waals surface area contributed by atoms with Gasteiger partial charge in [0.05, 0.1) is 6.61 Å². The van der Waals surface area contributed by atoms with Crippen LogP contribution >= 0.6 is 0 Å². The molecular formula is C13H23F3O2Si. The lowest BCUT2D eigenvalue weighted by Gasteiger charge is -2.04. The summed E-state index contributed by atoms with van der Waals surface area (Å²) in [5.74, 6) is -0.321. The topological polar surface area (TPSA) is 26.3 Å². The Kier molecular flexibility index (Phi) is 10.6. The zero-order valence-corrected chi connectivity index (χ0v) is 12.5. The third-order valence-electron chi connectivity index (χ3n) is 2.65. The molecular weight excluding hydrogens is 273 g/mol. The van der Waals surface area contributed by atoms with Gasteiger partial charge in [-0.25, -0.2) is 17.1 Å². The van der Waals surface area contributed by atoms with E-state index >= 15 is 0 Å². The van der Waals surface area contributed by atoms with E-state index in [0.29, 0.717) is 13.0 Å². The molecule has 0 saturated carbocycles. The first-order valence-electron chi connectivity index (χ1n) is 6.82. The van der Waals surface area contributed by atoms with E-state index in [1.807, 2.05) is 0 Å². The van der Waals surface area contributed by atoms with Crippen molar-refractivity contribution in [2.24, 2.45) is 0 Å². The molecule has 0 atom stereocenters. The number of hydrogen-bond donors (Lipinski definition) is 0. The number of rotatable bonds is 11. The molecule has 0 saturated heterocycles. The van der Waals surface area contributed by atoms with Gasteiger partial charge in [0, 0.05) is 12.1 Å². The van der Waals surface area contributed by atoms with Gasteiger partial charge in [-0.3, -0.25) is 0 Å². The second-order valence-electron chi connectivity index (χ2n) is 4.51. The van der Waals surface area contributed by atoms with Crippen LogP contribution in [0.5, 0.6) is 0 Å². The zero-order chi connectivity index (χ0) is 14.6. The molecule has 6 heteroatoms. The molecule has 0 aliphatic carbocycles. The Morgan fingerprint density at radius 2 is 1.53 bits per heavy atom. The predicted molar refractivity (Wildman–Crippen MR) is 72.0 cm³/mol. The normalized spacial score (nSPS) is 12.0. The van der Waals surface area contributed by atoms with E-state index in [4.69, 9.17) is 4.74 Å². The van der Waals surface area contributed by atoms with Crippen LogP contribution in [0.2, 0.25) is 6.04 Å². The molecule has 0 rings (SSSR count). The summed E-state index contributed by atoms with van der Waals surface area (Å²) in [6.07, 6.45) is 8.56. The summed E-state index contributed by atoms with van der Waals surface area (Å²) < 4.78 is 40.9. The Bertz CT molecular complexity index is 265. The maximum atomic E-state index is 12.0. The maximum Gasteiger partial charge on any atom is 0.616 e. The first kappa shape index (κ1) is 18.2. The summed E-state index contributed by atoms with van der Waals surface area (Å²) >= 11 is 0. The number of unbranched alkanes of at least 4 members (excludes halogenated alkanes) is 6. The minimum atomic E-state index is -5.32. The molecule has 19 heavy (non-hydrogen) atoms. The Morgan fingerprint density at radius 1 is 1.00 bits per heavy atom. The standard InChI is InChI=1S/C13H23F3O2Si/c1-2-10-13(17)18-11-8-6-4-3-5-7-9-12-19(14,15)16/h2,10H,3-9,11-12H2,1H3. The van der Waals surface area contributed by atoms with Gasteiger partial charge in [0.25, 0.3) is 0 Å². The molecule has 2 nitrogen and oxygen atoms in total. The molecule has 0 bridgehead atoms. The fourth-order valence-corrected chi connectivity index (χ4v) is 2.32. The van der Waals surface area contributed by atoms with Crippen LogP contribution in [0.15, 0.2) is 12.2 Å². The monoisotopic (exact) mass is 296 g/mol. The number of allylic oxidation sites excluding steroid dienone is 1. The highest BCUT2D eigenvalue weighted by molar-refractivity contribution is 6.58. The highest BCUT2D eigenvalue weighted by atomic mass is 28.5. The highest BCUT2D eigenvalue weighted by Gasteiger charge is 2.35. The van der Waals surface area contributed by atoms with Crippen molar-refractivity contribution >= 4 is 15.0 Å². The van der Waals surface area contributed by atoms with E-state index in [-0.39, 0.29) is 12.4 Å². The lowest BCUT2D eigenvalue weighted by molar-refractivity contribution is -0.137. The van der Waals surface area contributed by atoms with Gasteiger partial charge in [-0.1, -0.05) is 38.2 Å². The minimum Gasteiger partial charge on any atom is -0.463 e. The van der Waals surface area contributed by atoms with Crippen molar-refractivity contribution in [1.29, 1.82) is 0 Å². The molecule has 0 spiro atoms. The van der Waals surface area contributed by atoms with Crippen molar-refractivity contribution in [2.75, 3.05) is 6.61 Å². The van der Waals surface area contributed by atoms with Crippen molar-refractivity contribution in [3.8, 4) is 0 Å². The average molecular weight is 296 g/mol. The Balaban J connectivity index is 3.17. The number of ether oxygens (including phenoxy) is 1. The second kappa shape index (κ2) is 11.1. The van der Waals surface area contributed by atoms with Crippen LogP contribution in [0.25, 0.3) is 0 Å². The fraction of sp³-hybridized carbons (Fsp3) is 0.769. The molecule has 0 heterocycles. The summed E-state index contributed by atoms with van der Waals surface area (Å²) in [5, 5.41) is 0. The average Bonchev–Trinajstić information content (AvgIpc) is 2.30. The molecule has 0 N–H and O–H groups in total. The Hall–Kier alpha value is -0.783. The summed E-state index contributed by atoms with van der Waals surface area (Å²) in [6, 6.07) is -0.534. The van der Waals surface area contributed by atoms with E-state index in [9.17, 15) is 17.1 Å². The van der Waals surface area contributed by atoms with E-state index < -0.39 is 15.1 Å². The lowest BCUT2D eigenvalue weighted by atomic mass is 10.1. The number of halogens is 3. The summed E-state index contributed by atoms with van der Waals surface area (Å²) in [7, 11) is -5.32. The van der Waals surface area contributed by atoms with Crippen LogP contribution in [0.1, 0.15) is 51.9 Å². The van der Waals surface area contributed by atoms with Crippen molar-refractivity contribution in [3.05, 3.63) is 12.2 Å². The van der Waals surface area contributed by atoms with E-state index in [2.05, 4.69) is 0 Å². The van der Waals surface area contributed by atoms with Crippen LogP contribution in [0.3, 0.4) is 0 Å². The largest absolute Gasteiger partial charge is 0.616 e. The summed E-state index contributed by atoms with van der Waals surface area (Å²) in [6.45, 7) is 2.17. The van der Waals surface area contributed by atoms with Gasteiger partial charge in [0.2, 0.25) is 0 Å². The van der Waals surface area contributed by atoms with Crippen LogP contribution < -0.4 is 0 Å². The molecule has 0 fully saturated rings. The van der Waals surface area contributed by atoms with Gasteiger partial charge in [-0.2, -0.15) is 0 Å². The first-order valence-corrected chi connectivity index (χ1v) is 8.66. The third kappa shape index (κ3) is 15.2. The van der Waals surface area contributed by atoms with Gasteiger partial charge in [0.1, 0.15) is 0 Å². The molecule has 0 aliphatic rings. The van der Waals surface area contributed by atoms with Gasteiger partial charge in [-0.05, 0) is 19.8 Å². The molecule has 0 aromatic rings. The van der Waals surface area contributed by atoms with Crippen LogP contribution in [-0.2, 0) is 9.53 Å². The van der Waals surface area contributed by atoms with Gasteiger partial charge < -0.3 is 4.74 Å². The molecule has 0 radical (unpaired) electrons. The number of hydrogen-bond acceptors (Lipinski definition) is 2. The van der Waals surface area contributed by atoms with Gasteiger partial charge in [0.15, 0.2) is 0 Å². The molecule has 0 unspecified atom stereocenters. The number of carbonyl (C=O) groups is 1. The van der Waals surface area contributed by atoms with Gasteiger partial charge >= 0.3 is 15.0 Å². The second-order valence-corrected chi connectivity index (χ2v) is 6.24. The van der Waals surface area contributed by atoms with E-state index in [0.717, 1.165) is 32.1 Å².